The molecule has 0 saturated carbocycles. The van der Waals surface area contributed by atoms with Gasteiger partial charge < -0.3 is 20.1 Å². The zero-order chi connectivity index (χ0) is 21.7. The molecule has 30 heavy (non-hydrogen) atoms. The summed E-state index contributed by atoms with van der Waals surface area (Å²) in [7, 11) is 3.05. The molecule has 1 saturated heterocycles. The van der Waals surface area contributed by atoms with Crippen LogP contribution >= 0.6 is 0 Å². The molecule has 0 aromatic heterocycles. The second kappa shape index (κ2) is 9.30. The van der Waals surface area contributed by atoms with Gasteiger partial charge in [-0.25, -0.2) is 4.79 Å². The Morgan fingerprint density at radius 2 is 1.73 bits per heavy atom. The van der Waals surface area contributed by atoms with Gasteiger partial charge in [0.1, 0.15) is 17.5 Å². The number of imide groups is 1. The summed E-state index contributed by atoms with van der Waals surface area (Å²) in [6.07, 6.45) is 0.277. The van der Waals surface area contributed by atoms with Gasteiger partial charge in [-0.3, -0.25) is 14.5 Å². The molecule has 4 amide bonds. The van der Waals surface area contributed by atoms with Crippen LogP contribution < -0.4 is 20.1 Å². The van der Waals surface area contributed by atoms with E-state index in [-0.39, 0.29) is 30.7 Å². The van der Waals surface area contributed by atoms with Crippen LogP contribution in [0.5, 0.6) is 11.5 Å². The summed E-state index contributed by atoms with van der Waals surface area (Å²) in [5.41, 5.74) is 1.39. The molecule has 3 rings (SSSR count). The first-order valence-electron chi connectivity index (χ1n) is 9.64. The Kier molecular flexibility index (Phi) is 6.56. The molecule has 1 aliphatic heterocycles. The predicted molar refractivity (Wildman–Crippen MR) is 111 cm³/mol. The molecule has 0 spiro atoms. The molecule has 2 atom stereocenters. The highest BCUT2D eigenvalue weighted by atomic mass is 16.5. The monoisotopic (exact) mass is 411 g/mol. The highest BCUT2D eigenvalue weighted by Crippen LogP contribution is 2.27. The van der Waals surface area contributed by atoms with Crippen LogP contribution in [0.3, 0.4) is 0 Å². The zero-order valence-electron chi connectivity index (χ0n) is 17.2. The van der Waals surface area contributed by atoms with Crippen molar-refractivity contribution in [3.8, 4) is 11.5 Å². The topological polar surface area (TPSA) is 97.0 Å². The van der Waals surface area contributed by atoms with Crippen LogP contribution in [0.4, 0.5) is 10.5 Å². The smallest absolute Gasteiger partial charge is 0.325 e. The Balaban J connectivity index is 1.59. The van der Waals surface area contributed by atoms with E-state index in [4.69, 9.17) is 9.47 Å². The lowest BCUT2D eigenvalue weighted by molar-refractivity contribution is -0.129. The molecule has 8 nitrogen and oxygen atoms in total. The second-order valence-electron chi connectivity index (χ2n) is 6.99. The Bertz CT molecular complexity index is 909. The lowest BCUT2D eigenvalue weighted by atomic mass is 10.1. The van der Waals surface area contributed by atoms with Gasteiger partial charge in [-0.05, 0) is 18.9 Å². The van der Waals surface area contributed by atoms with Gasteiger partial charge in [-0.15, -0.1) is 0 Å². The van der Waals surface area contributed by atoms with Gasteiger partial charge in [0.05, 0.1) is 20.3 Å². The first-order valence-corrected chi connectivity index (χ1v) is 9.64. The lowest BCUT2D eigenvalue weighted by Gasteiger charge is -2.21. The number of anilines is 1. The molecule has 0 aliphatic carbocycles. The third-order valence-electron chi connectivity index (χ3n) is 5.02. The maximum absolute atomic E-state index is 12.7. The van der Waals surface area contributed by atoms with Gasteiger partial charge in [-0.1, -0.05) is 30.3 Å². The molecule has 0 unspecified atom stereocenters. The average Bonchev–Trinajstić information content (AvgIpc) is 3.05. The van der Waals surface area contributed by atoms with Crippen molar-refractivity contribution < 1.29 is 23.9 Å². The van der Waals surface area contributed by atoms with Gasteiger partial charge in [0.25, 0.3) is 5.91 Å². The van der Waals surface area contributed by atoms with Crippen LogP contribution in [-0.2, 0) is 9.59 Å². The number of benzene rings is 2. The number of hydrogen-bond donors (Lipinski definition) is 2. The molecule has 1 fully saturated rings. The molecule has 8 heteroatoms. The number of carbonyl (C=O) groups is 3. The number of carbonyl (C=O) groups excluding carboxylic acids is 3. The fourth-order valence-electron chi connectivity index (χ4n) is 3.37. The number of rotatable bonds is 8. The summed E-state index contributed by atoms with van der Waals surface area (Å²) < 4.78 is 10.4. The maximum Gasteiger partial charge on any atom is 0.325 e. The van der Waals surface area contributed by atoms with E-state index in [0.29, 0.717) is 17.2 Å². The number of amides is 4. The number of urea groups is 1. The van der Waals surface area contributed by atoms with Gasteiger partial charge in [0.2, 0.25) is 5.91 Å². The first-order chi connectivity index (χ1) is 14.4. The summed E-state index contributed by atoms with van der Waals surface area (Å²) in [5, 5.41) is 5.44. The molecule has 0 radical (unpaired) electrons. The van der Waals surface area contributed by atoms with Crippen molar-refractivity contribution in [1.29, 1.82) is 0 Å². The summed E-state index contributed by atoms with van der Waals surface area (Å²) in [4.78, 5) is 38.7. The largest absolute Gasteiger partial charge is 0.497 e. The lowest BCUT2D eigenvalue weighted by Crippen LogP contribution is -2.34. The number of ether oxygens (including phenoxy) is 2. The summed E-state index contributed by atoms with van der Waals surface area (Å²) in [6.45, 7) is 1.80. The molecule has 2 aromatic rings. The van der Waals surface area contributed by atoms with E-state index in [1.165, 1.54) is 19.1 Å². The van der Waals surface area contributed by atoms with Crippen molar-refractivity contribution >= 4 is 23.5 Å². The van der Waals surface area contributed by atoms with Crippen LogP contribution in [0.25, 0.3) is 0 Å². The van der Waals surface area contributed by atoms with Crippen molar-refractivity contribution in [2.24, 2.45) is 0 Å². The molecule has 158 valence electrons. The van der Waals surface area contributed by atoms with E-state index in [0.717, 1.165) is 5.56 Å². The van der Waals surface area contributed by atoms with E-state index < -0.39 is 12.1 Å². The third-order valence-corrected chi connectivity index (χ3v) is 5.02. The number of hydrogen-bond acceptors (Lipinski definition) is 5. The summed E-state index contributed by atoms with van der Waals surface area (Å²) >= 11 is 0. The molecule has 0 bridgehead atoms. The third kappa shape index (κ3) is 4.71. The Hall–Kier alpha value is -3.55. The second-order valence-corrected chi connectivity index (χ2v) is 6.99. The van der Waals surface area contributed by atoms with E-state index in [9.17, 15) is 14.4 Å². The van der Waals surface area contributed by atoms with Crippen molar-refractivity contribution in [3.05, 3.63) is 54.1 Å². The Morgan fingerprint density at radius 3 is 2.33 bits per heavy atom. The minimum Gasteiger partial charge on any atom is -0.497 e. The Morgan fingerprint density at radius 1 is 1.10 bits per heavy atom. The highest BCUT2D eigenvalue weighted by Gasteiger charge is 2.40. The predicted octanol–water partition coefficient (Wildman–Crippen LogP) is 3.10. The van der Waals surface area contributed by atoms with Crippen LogP contribution in [0.1, 0.15) is 31.4 Å². The fourth-order valence-corrected chi connectivity index (χ4v) is 3.37. The minimum absolute atomic E-state index is 0.0732. The van der Waals surface area contributed by atoms with Gasteiger partial charge >= 0.3 is 6.03 Å². The highest BCUT2D eigenvalue weighted by molar-refractivity contribution is 6.05. The average molecular weight is 411 g/mol. The Labute approximate surface area is 175 Å². The van der Waals surface area contributed by atoms with Crippen LogP contribution in [0, 0.1) is 0 Å². The van der Waals surface area contributed by atoms with E-state index in [2.05, 4.69) is 10.6 Å². The van der Waals surface area contributed by atoms with E-state index >= 15 is 0 Å². The fraction of sp³-hybridized carbons (Fsp3) is 0.318. The SMILES string of the molecule is COc1cc(NC(=O)CC[C@@H]2NC(=O)N([C@@H](C)c3ccccc3)C2=O)cc(OC)c1. The minimum atomic E-state index is -0.728. The first kappa shape index (κ1) is 21.2. The van der Waals surface area contributed by atoms with Crippen molar-refractivity contribution in [3.63, 3.8) is 0 Å². The van der Waals surface area contributed by atoms with Crippen LogP contribution in [0.2, 0.25) is 0 Å². The van der Waals surface area contributed by atoms with E-state index in [1.54, 1.807) is 25.1 Å². The van der Waals surface area contributed by atoms with Crippen molar-refractivity contribution in [1.82, 2.24) is 10.2 Å². The maximum atomic E-state index is 12.7. The van der Waals surface area contributed by atoms with Crippen molar-refractivity contribution in [2.45, 2.75) is 31.8 Å². The van der Waals surface area contributed by atoms with Crippen LogP contribution in [0.15, 0.2) is 48.5 Å². The summed E-state index contributed by atoms with van der Waals surface area (Å²) in [5.74, 6) is 0.496. The molecule has 2 aromatic carbocycles. The molecule has 1 heterocycles. The van der Waals surface area contributed by atoms with Gasteiger partial charge in [0.15, 0.2) is 0 Å². The van der Waals surface area contributed by atoms with Crippen molar-refractivity contribution in [2.75, 3.05) is 19.5 Å². The molecular formula is C22H25N3O5. The number of methoxy groups -OCH3 is 2. The number of nitrogens with zero attached hydrogens (tertiary/aromatic N) is 1. The van der Waals surface area contributed by atoms with E-state index in [1.807, 2.05) is 30.3 Å². The quantitative estimate of drug-likeness (QED) is 0.651. The standard InChI is InChI=1S/C22H25N3O5/c1-14(15-7-5-4-6-8-15)25-21(27)19(24-22(25)28)9-10-20(26)23-16-11-17(29-2)13-18(12-16)30-3/h4-8,11-14,19H,9-10H2,1-3H3,(H,23,26)(H,24,28)/t14-,19-/m0/s1. The molecule has 2 N–H and O–H groups in total. The number of nitrogens with one attached hydrogen (secondary N) is 2. The molecule has 1 aliphatic rings. The van der Waals surface area contributed by atoms with Crippen LogP contribution in [-0.4, -0.2) is 43.0 Å². The summed E-state index contributed by atoms with van der Waals surface area (Å²) in [6, 6.07) is 12.8. The normalized spacial score (nSPS) is 16.8. The zero-order valence-corrected chi connectivity index (χ0v) is 17.2. The van der Waals surface area contributed by atoms with Gasteiger partial charge in [-0.2, -0.15) is 0 Å². The van der Waals surface area contributed by atoms with Gasteiger partial charge in [0, 0.05) is 30.3 Å². The molecular weight excluding hydrogens is 386 g/mol.